The fraction of sp³-hybridized carbons (Fsp3) is 0.585. The summed E-state index contributed by atoms with van der Waals surface area (Å²) in [5.74, 6) is -3.20. The monoisotopic (exact) mass is 757 g/mol. The molecule has 0 bridgehead atoms. The number of amides is 4. The van der Waals surface area contributed by atoms with Crippen molar-refractivity contribution < 1.29 is 23.6 Å². The lowest BCUT2D eigenvalue weighted by Gasteiger charge is -2.36. The van der Waals surface area contributed by atoms with Gasteiger partial charge in [0.25, 0.3) is 11.8 Å². The van der Waals surface area contributed by atoms with E-state index in [1.54, 1.807) is 51.8 Å². The summed E-state index contributed by atoms with van der Waals surface area (Å²) in [6.45, 7) is 13.1. The lowest BCUT2D eigenvalue weighted by atomic mass is 9.69. The van der Waals surface area contributed by atoms with Crippen molar-refractivity contribution in [2.45, 2.75) is 97.7 Å². The van der Waals surface area contributed by atoms with Crippen LogP contribution in [0.5, 0.6) is 0 Å². The number of benzene rings is 1. The Morgan fingerprint density at radius 2 is 1.62 bits per heavy atom. The quantitative estimate of drug-likeness (QED) is 0.217. The molecule has 3 heterocycles. The Morgan fingerprint density at radius 3 is 2.27 bits per heavy atom. The highest BCUT2D eigenvalue weighted by molar-refractivity contribution is 6.06. The first-order valence-electron chi connectivity index (χ1n) is 19.7. The van der Waals surface area contributed by atoms with Gasteiger partial charge in [-0.2, -0.15) is 10.2 Å². The number of carbonyl (C=O) groups excluding carboxylic acids is 4. The first kappa shape index (κ1) is 40.0. The Balaban J connectivity index is 1.21. The molecular weight excluding hydrogens is 702 g/mol. The van der Waals surface area contributed by atoms with Crippen LogP contribution in [-0.2, 0) is 16.1 Å². The molecule has 1 aliphatic heterocycles. The van der Waals surface area contributed by atoms with Crippen LogP contribution in [-0.4, -0.2) is 98.5 Å². The van der Waals surface area contributed by atoms with Crippen LogP contribution in [0, 0.1) is 29.0 Å². The SMILES string of the molecule is CC(C)n1nccc1C(=O)/N=C/C(C(=O)Nc1ccc([C@H](C)[C@@H](NC(=O)c2ccnn2CC2CC2)C(=O)N2CCN(C)CC2)cc1F)C1CCC(C)(C)CC1. The normalized spacial score (nSPS) is 19.7. The van der Waals surface area contributed by atoms with Gasteiger partial charge in [-0.25, -0.2) is 9.38 Å². The summed E-state index contributed by atoms with van der Waals surface area (Å²) in [6, 6.07) is 6.73. The van der Waals surface area contributed by atoms with Crippen molar-refractivity contribution in [2.75, 3.05) is 38.5 Å². The molecule has 4 amide bonds. The van der Waals surface area contributed by atoms with E-state index < -0.39 is 41.4 Å². The number of hydrogen-bond donors (Lipinski definition) is 2. The number of carbonyl (C=O) groups is 4. The first-order chi connectivity index (χ1) is 26.2. The summed E-state index contributed by atoms with van der Waals surface area (Å²) < 4.78 is 19.3. The van der Waals surface area contributed by atoms with Gasteiger partial charge in [0.05, 0.1) is 11.6 Å². The molecule has 3 fully saturated rings. The van der Waals surface area contributed by atoms with E-state index in [1.165, 1.54) is 18.3 Å². The number of aliphatic imine (C=N–C) groups is 1. The number of halogens is 1. The minimum atomic E-state index is -0.972. The third-order valence-corrected chi connectivity index (χ3v) is 11.6. The van der Waals surface area contributed by atoms with E-state index in [0.29, 0.717) is 55.6 Å². The highest BCUT2D eigenvalue weighted by atomic mass is 19.1. The zero-order valence-electron chi connectivity index (χ0n) is 33.0. The average molecular weight is 758 g/mol. The van der Waals surface area contributed by atoms with Crippen LogP contribution in [0.2, 0.25) is 0 Å². The van der Waals surface area contributed by atoms with Gasteiger partial charge in [0.15, 0.2) is 0 Å². The average Bonchev–Trinajstić information content (AvgIpc) is 3.60. The minimum Gasteiger partial charge on any atom is -0.338 e. The predicted molar refractivity (Wildman–Crippen MR) is 208 cm³/mol. The van der Waals surface area contributed by atoms with E-state index in [9.17, 15) is 19.2 Å². The summed E-state index contributed by atoms with van der Waals surface area (Å²) in [6.07, 6.45) is 10.1. The molecule has 1 aromatic carbocycles. The predicted octanol–water partition coefficient (Wildman–Crippen LogP) is 5.57. The Labute approximate surface area is 323 Å². The Morgan fingerprint density at radius 1 is 0.945 bits per heavy atom. The standard InChI is InChI=1S/C41H56FN9O4/c1-26(2)51-35(14-18-45-51)38(53)43-24-31(29-11-15-41(4,5)16-12-29)37(52)46-33-10-9-30(23-32(33)42)27(3)36(40(55)49-21-19-48(6)20-22-49)47-39(54)34-13-17-44-50(34)25-28-7-8-28/h9-10,13-14,17-18,23-24,26-29,31,36H,7-8,11-12,15-16,19-22,25H2,1-6H3,(H,46,52)(H,47,54)/b43-24+/t27-,31?,36+/m0/s1. The second-order valence-corrected chi connectivity index (χ2v) is 16.8. The van der Waals surface area contributed by atoms with Crippen LogP contribution >= 0.6 is 0 Å². The molecule has 0 spiro atoms. The Bertz CT molecular complexity index is 1880. The molecule has 3 atom stereocenters. The molecule has 1 saturated heterocycles. The van der Waals surface area contributed by atoms with Crippen LogP contribution < -0.4 is 10.6 Å². The van der Waals surface area contributed by atoms with Crippen LogP contribution in [0.15, 0.2) is 47.7 Å². The lowest BCUT2D eigenvalue weighted by molar-refractivity contribution is -0.135. The molecule has 14 heteroatoms. The second kappa shape index (κ2) is 17.0. The summed E-state index contributed by atoms with van der Waals surface area (Å²) in [5.41, 5.74) is 1.33. The van der Waals surface area contributed by atoms with Crippen molar-refractivity contribution in [3.8, 4) is 0 Å². The number of nitrogens with one attached hydrogen (secondary N) is 2. The fourth-order valence-electron chi connectivity index (χ4n) is 7.67. The molecule has 13 nitrogen and oxygen atoms in total. The van der Waals surface area contributed by atoms with Gasteiger partial charge in [-0.1, -0.05) is 26.8 Å². The molecule has 2 N–H and O–H groups in total. The van der Waals surface area contributed by atoms with Crippen molar-refractivity contribution in [2.24, 2.45) is 28.2 Å². The second-order valence-electron chi connectivity index (χ2n) is 16.8. The molecule has 55 heavy (non-hydrogen) atoms. The molecule has 3 aliphatic rings. The third-order valence-electron chi connectivity index (χ3n) is 11.6. The van der Waals surface area contributed by atoms with Crippen molar-refractivity contribution >= 4 is 35.5 Å². The number of anilines is 1. The number of rotatable bonds is 13. The van der Waals surface area contributed by atoms with Gasteiger partial charge in [-0.3, -0.25) is 28.5 Å². The number of nitrogens with zero attached hydrogens (tertiary/aromatic N) is 7. The molecule has 6 rings (SSSR count). The number of likely N-dealkylation sites (N-methyl/N-ethyl adjacent to an activating group) is 1. The van der Waals surface area contributed by atoms with Gasteiger partial charge in [0.1, 0.15) is 23.2 Å². The van der Waals surface area contributed by atoms with E-state index in [4.69, 9.17) is 0 Å². The van der Waals surface area contributed by atoms with Crippen molar-refractivity contribution in [1.29, 1.82) is 0 Å². The zero-order chi connectivity index (χ0) is 39.4. The maximum absolute atomic E-state index is 16.0. The highest BCUT2D eigenvalue weighted by Gasteiger charge is 2.36. The third kappa shape index (κ3) is 9.75. The van der Waals surface area contributed by atoms with E-state index in [0.717, 1.165) is 38.5 Å². The topological polar surface area (TPSA) is 147 Å². The van der Waals surface area contributed by atoms with Crippen LogP contribution in [0.4, 0.5) is 10.1 Å². The Hall–Kier alpha value is -4.72. The smallest absolute Gasteiger partial charge is 0.294 e. The molecule has 296 valence electrons. The maximum Gasteiger partial charge on any atom is 0.294 e. The van der Waals surface area contributed by atoms with Gasteiger partial charge >= 0.3 is 0 Å². The minimum absolute atomic E-state index is 0.0188. The van der Waals surface area contributed by atoms with E-state index in [-0.39, 0.29) is 29.0 Å². The van der Waals surface area contributed by atoms with Gasteiger partial charge in [-0.05, 0) is 106 Å². The molecule has 2 aromatic heterocycles. The fourth-order valence-corrected chi connectivity index (χ4v) is 7.67. The molecule has 2 saturated carbocycles. The highest BCUT2D eigenvalue weighted by Crippen LogP contribution is 2.41. The molecule has 1 unspecified atom stereocenters. The summed E-state index contributed by atoms with van der Waals surface area (Å²) in [5, 5.41) is 14.3. The molecule has 0 radical (unpaired) electrons. The summed E-state index contributed by atoms with van der Waals surface area (Å²) >= 11 is 0. The van der Waals surface area contributed by atoms with Crippen LogP contribution in [0.3, 0.4) is 0 Å². The Kier molecular flexibility index (Phi) is 12.3. The van der Waals surface area contributed by atoms with E-state index in [2.05, 4.69) is 44.6 Å². The zero-order valence-corrected chi connectivity index (χ0v) is 33.0. The van der Waals surface area contributed by atoms with E-state index >= 15 is 4.39 Å². The van der Waals surface area contributed by atoms with Crippen LogP contribution in [0.25, 0.3) is 0 Å². The number of hydrogen-bond acceptors (Lipinski definition) is 7. The molecular formula is C41H56FN9O4. The van der Waals surface area contributed by atoms with Gasteiger partial charge in [0, 0.05) is 63.3 Å². The maximum atomic E-state index is 16.0. The summed E-state index contributed by atoms with van der Waals surface area (Å²) in [7, 11) is 2.00. The number of piperazine rings is 1. The van der Waals surface area contributed by atoms with Gasteiger partial charge in [-0.15, -0.1) is 0 Å². The lowest BCUT2D eigenvalue weighted by Crippen LogP contribution is -2.55. The van der Waals surface area contributed by atoms with Crippen molar-refractivity contribution in [3.63, 3.8) is 0 Å². The number of aromatic nitrogens is 4. The largest absolute Gasteiger partial charge is 0.338 e. The molecule has 2 aliphatic carbocycles. The van der Waals surface area contributed by atoms with Crippen molar-refractivity contribution in [3.05, 3.63) is 65.5 Å². The van der Waals surface area contributed by atoms with Crippen molar-refractivity contribution in [1.82, 2.24) is 34.7 Å². The molecule has 3 aromatic rings. The van der Waals surface area contributed by atoms with Crippen LogP contribution in [0.1, 0.15) is 112 Å². The summed E-state index contributed by atoms with van der Waals surface area (Å²) in [4.78, 5) is 63.0. The van der Waals surface area contributed by atoms with Gasteiger partial charge < -0.3 is 20.4 Å². The van der Waals surface area contributed by atoms with Gasteiger partial charge in [0.2, 0.25) is 11.8 Å². The first-order valence-corrected chi connectivity index (χ1v) is 19.7. The van der Waals surface area contributed by atoms with E-state index in [1.807, 2.05) is 20.9 Å².